The van der Waals surface area contributed by atoms with E-state index in [0.717, 1.165) is 84.8 Å². The molecule has 374 valence electrons. The first-order valence-electron chi connectivity index (χ1n) is 22.6. The van der Waals surface area contributed by atoms with Crippen LogP contribution in [0.4, 0.5) is 11.6 Å². The Morgan fingerprint density at radius 1 is 0.986 bits per heavy atom. The highest BCUT2D eigenvalue weighted by molar-refractivity contribution is 7.66. The van der Waals surface area contributed by atoms with Crippen LogP contribution in [0.25, 0.3) is 16.6 Å². The Kier molecular flexibility index (Phi) is 13.8. The molecule has 0 radical (unpaired) electrons. The number of hydrogen-bond donors (Lipinski definition) is 8. The van der Waals surface area contributed by atoms with Gasteiger partial charge >= 0.3 is 29.4 Å². The number of carboxylic acid groups (broad SMARTS) is 1. The van der Waals surface area contributed by atoms with Gasteiger partial charge in [0.15, 0.2) is 5.65 Å². The molecule has 4 aliphatic heterocycles. The molecule has 0 saturated carbocycles. The average Bonchev–Trinajstić information content (AvgIpc) is 3.93. The lowest BCUT2D eigenvalue weighted by atomic mass is 9.85. The number of ether oxygens (including phenoxy) is 2. The average molecular weight is 1040 g/mol. The van der Waals surface area contributed by atoms with E-state index in [1.807, 2.05) is 12.1 Å². The lowest BCUT2D eigenvalue weighted by Gasteiger charge is -2.32. The van der Waals surface area contributed by atoms with Crippen molar-refractivity contribution in [3.8, 4) is 23.3 Å². The molecule has 0 bridgehead atoms. The van der Waals surface area contributed by atoms with E-state index in [0.29, 0.717) is 22.6 Å². The van der Waals surface area contributed by atoms with Gasteiger partial charge in [0.1, 0.15) is 30.8 Å². The predicted octanol–water partition coefficient (Wildman–Crippen LogP) is 3.39. The number of carboxylic acids is 1. The zero-order valence-electron chi connectivity index (χ0n) is 38.2. The molecule has 26 heteroatoms. The van der Waals surface area contributed by atoms with E-state index in [9.17, 15) is 43.0 Å². The van der Waals surface area contributed by atoms with E-state index in [2.05, 4.69) is 71.2 Å². The van der Waals surface area contributed by atoms with Crippen LogP contribution in [0.15, 0.2) is 53.5 Å². The zero-order chi connectivity index (χ0) is 50.6. The van der Waals surface area contributed by atoms with E-state index in [1.54, 1.807) is 6.07 Å². The summed E-state index contributed by atoms with van der Waals surface area (Å²) in [4.78, 5) is 86.1. The van der Waals surface area contributed by atoms with Gasteiger partial charge in [0, 0.05) is 64.9 Å². The number of nitrogens with one attached hydrogen (secondary N) is 2. The molecule has 3 aromatic carbocycles. The highest BCUT2D eigenvalue weighted by atomic mass is 31.3. The quantitative estimate of drug-likeness (QED) is 0.0440. The van der Waals surface area contributed by atoms with Gasteiger partial charge < -0.3 is 54.7 Å². The molecule has 4 aliphatic rings. The Morgan fingerprint density at radius 2 is 1.77 bits per heavy atom. The molecule has 9 N–H and O–H groups in total. The molecule has 71 heavy (non-hydrogen) atoms. The van der Waals surface area contributed by atoms with Crippen LogP contribution < -0.4 is 41.4 Å². The van der Waals surface area contributed by atoms with Crippen molar-refractivity contribution in [2.24, 2.45) is 0 Å². The molecule has 2 aromatic heterocycles. The van der Waals surface area contributed by atoms with Crippen molar-refractivity contribution in [2.45, 2.75) is 64.7 Å². The number of benzene rings is 3. The summed E-state index contributed by atoms with van der Waals surface area (Å²) >= 11 is 0. The molecule has 1 amide bonds. The van der Waals surface area contributed by atoms with Crippen molar-refractivity contribution in [1.29, 1.82) is 0 Å². The minimum Gasteiger partial charge on any atom is -0.478 e. The molecule has 1 fully saturated rings. The fourth-order valence-electron chi connectivity index (χ4n) is 9.58. The van der Waals surface area contributed by atoms with Crippen LogP contribution >= 0.6 is 23.5 Å². The fourth-order valence-corrected chi connectivity index (χ4v) is 12.6. The number of aryl methyl sites for hydroxylation is 2. The molecule has 2 unspecified atom stereocenters. The number of rotatable bonds is 14. The molecule has 4 atom stereocenters. The summed E-state index contributed by atoms with van der Waals surface area (Å²) in [5.41, 5.74) is 10.7. The smallest absolute Gasteiger partial charge is 0.478 e. The Bertz CT molecular complexity index is 3450. The molecular formula is C45H49N7O16P3+. The van der Waals surface area contributed by atoms with Crippen LogP contribution in [0.3, 0.4) is 0 Å². The van der Waals surface area contributed by atoms with E-state index in [1.165, 1.54) is 22.9 Å². The maximum atomic E-state index is 14.0. The lowest BCUT2D eigenvalue weighted by Crippen LogP contribution is -2.39. The van der Waals surface area contributed by atoms with Crippen molar-refractivity contribution in [1.82, 2.24) is 24.4 Å². The summed E-state index contributed by atoms with van der Waals surface area (Å²) in [5, 5.41) is 15.3. The van der Waals surface area contributed by atoms with Crippen molar-refractivity contribution in [2.75, 3.05) is 50.0 Å². The van der Waals surface area contributed by atoms with Crippen LogP contribution in [0.1, 0.15) is 94.3 Å². The van der Waals surface area contributed by atoms with Crippen LogP contribution in [-0.4, -0.2) is 96.5 Å². The number of carbonyl (C=O) groups excluding carboxylic acids is 1. The number of carbonyl (C=O) groups is 2. The topological polar surface area (TPSA) is 328 Å². The summed E-state index contributed by atoms with van der Waals surface area (Å²) in [7, 11) is -16.7. The summed E-state index contributed by atoms with van der Waals surface area (Å²) in [5.74, 6) is 5.00. The van der Waals surface area contributed by atoms with Gasteiger partial charge in [0.25, 0.3) is 11.5 Å². The number of nitrogens with two attached hydrogens (primary N) is 1. The SMILES string of the molecule is CCN1CCCc2cc3c(cc21)Oc1cc2c(cc1=C3c1cc(C(=O)NCC#Cc3cn([C@H]4CC[C@@H](COP(=O)(O)OP(=O)(O)OP(=O)(O)O)O4)c4nc(N)[nH]c(=O)c34)ccc1C(=O)O)CCC[N+]=2CC. The van der Waals surface area contributed by atoms with Gasteiger partial charge in [-0.1, -0.05) is 11.8 Å². The molecule has 0 aliphatic carbocycles. The van der Waals surface area contributed by atoms with Crippen molar-refractivity contribution in [3.63, 3.8) is 0 Å². The minimum absolute atomic E-state index is 0.00340. The number of aromatic amines is 1. The van der Waals surface area contributed by atoms with E-state index >= 15 is 0 Å². The predicted molar refractivity (Wildman–Crippen MR) is 255 cm³/mol. The monoisotopic (exact) mass is 1040 g/mol. The normalized spacial score (nSPS) is 19.0. The third kappa shape index (κ3) is 10.5. The first kappa shape index (κ1) is 50.0. The van der Waals surface area contributed by atoms with Crippen molar-refractivity contribution < 1.29 is 70.6 Å². The van der Waals surface area contributed by atoms with E-state index < -0.39 is 59.8 Å². The molecule has 6 heterocycles. The second-order valence-corrected chi connectivity index (χ2v) is 21.5. The molecule has 0 spiro atoms. The number of anilines is 2. The Labute approximate surface area is 404 Å². The third-order valence-corrected chi connectivity index (χ3v) is 16.4. The van der Waals surface area contributed by atoms with Gasteiger partial charge in [-0.15, -0.1) is 0 Å². The van der Waals surface area contributed by atoms with Crippen molar-refractivity contribution >= 4 is 63.6 Å². The summed E-state index contributed by atoms with van der Waals surface area (Å²) < 4.78 is 63.7. The molecular weight excluding hydrogens is 987 g/mol. The van der Waals surface area contributed by atoms with Gasteiger partial charge in [0.2, 0.25) is 11.3 Å². The number of amides is 1. The second kappa shape index (κ2) is 19.6. The number of nitrogen functional groups attached to an aromatic ring is 1. The lowest BCUT2D eigenvalue weighted by molar-refractivity contribution is -0.0202. The van der Waals surface area contributed by atoms with E-state index in [4.69, 9.17) is 29.5 Å². The number of phosphoric acid groups is 3. The van der Waals surface area contributed by atoms with Crippen LogP contribution in [0, 0.1) is 11.8 Å². The Balaban J connectivity index is 0.988. The number of phosphoric ester groups is 1. The number of nitrogens with zero attached hydrogens (tertiary/aromatic N) is 4. The number of fused-ring (bicyclic) bond motifs is 5. The van der Waals surface area contributed by atoms with Gasteiger partial charge in [-0.3, -0.25) is 19.1 Å². The standard InChI is InChI=1S/C45H48N7O16P3/c1-3-50-16-6-9-25-18-32-36(21-34(25)50)66-37-22-35-26(10-7-17-51(35)4-2)19-33(37)40(32)31-20-27(11-13-30(31)44(55)56)42(53)47-15-5-8-28-23-52(41-39(28)43(54)49-45(46)48-41)38-14-12-29(65-38)24-64-70(60,61)68-71(62,63)67-69(57,58)59/h11,13,18-23,29,38H,3-4,6-7,9-10,12,14-17,24H2,1-2H3,(H8-,46,47,48,49,53,54,55,56,57,58,59,60,61,62,63)/p+1/t29-,38+/m0/s1. The molecule has 1 saturated heterocycles. The number of aromatic nitrogens is 3. The Hall–Kier alpha value is -5.98. The van der Waals surface area contributed by atoms with Crippen LogP contribution in [0.2, 0.25) is 0 Å². The summed E-state index contributed by atoms with van der Waals surface area (Å²) in [6.07, 6.45) is 3.70. The minimum atomic E-state index is -5.73. The third-order valence-electron chi connectivity index (χ3n) is 12.6. The summed E-state index contributed by atoms with van der Waals surface area (Å²) in [6, 6.07) is 12.7. The zero-order valence-corrected chi connectivity index (χ0v) is 40.9. The van der Waals surface area contributed by atoms with Gasteiger partial charge in [-0.25, -0.2) is 23.1 Å². The summed E-state index contributed by atoms with van der Waals surface area (Å²) in [6.45, 7) is 6.77. The van der Waals surface area contributed by atoms with E-state index in [-0.39, 0.29) is 53.1 Å². The Morgan fingerprint density at radius 3 is 2.52 bits per heavy atom. The molecule has 5 aromatic rings. The van der Waals surface area contributed by atoms with Crippen LogP contribution in [0.5, 0.6) is 11.5 Å². The van der Waals surface area contributed by atoms with Gasteiger partial charge in [-0.2, -0.15) is 13.6 Å². The van der Waals surface area contributed by atoms with Gasteiger partial charge in [-0.05, 0) is 87.4 Å². The second-order valence-electron chi connectivity index (χ2n) is 17.1. The van der Waals surface area contributed by atoms with Gasteiger partial charge in [0.05, 0.1) is 41.8 Å². The number of H-pyrrole nitrogens is 1. The first-order valence-corrected chi connectivity index (χ1v) is 27.1. The van der Waals surface area contributed by atoms with Crippen molar-refractivity contribution in [3.05, 3.63) is 109 Å². The highest BCUT2D eigenvalue weighted by Crippen LogP contribution is 2.66. The largest absolute Gasteiger partial charge is 0.490 e. The van der Waals surface area contributed by atoms with Crippen LogP contribution in [-0.2, 0) is 44.4 Å². The number of aromatic carboxylic acids is 1. The maximum absolute atomic E-state index is 14.0. The molecule has 9 rings (SSSR count). The maximum Gasteiger partial charge on any atom is 0.490 e. The first-order chi connectivity index (χ1) is 33.7. The highest BCUT2D eigenvalue weighted by Gasteiger charge is 2.42. The molecule has 23 nitrogen and oxygen atoms in total. The fraction of sp³-hybridized carbons (Fsp3) is 0.356. The number of hydrogen-bond acceptors (Lipinski definition) is 14.